The third-order valence-corrected chi connectivity index (χ3v) is 3.04. The molecule has 0 aliphatic heterocycles. The number of carbonyl (C=O) groups is 1. The molecule has 0 spiro atoms. The van der Waals surface area contributed by atoms with Crippen LogP contribution in [-0.4, -0.2) is 34.1 Å². The second kappa shape index (κ2) is 6.75. The highest BCUT2D eigenvalue weighted by atomic mass is 16.5. The largest absolute Gasteiger partial charge is 0.504 e. The van der Waals surface area contributed by atoms with Gasteiger partial charge in [0.15, 0.2) is 11.5 Å². The molecule has 22 heavy (non-hydrogen) atoms. The van der Waals surface area contributed by atoms with Gasteiger partial charge >= 0.3 is 0 Å². The number of nitrogens with one attached hydrogen (secondary N) is 1. The summed E-state index contributed by atoms with van der Waals surface area (Å²) in [5.74, 6) is 0.0179. The van der Waals surface area contributed by atoms with Crippen LogP contribution in [-0.2, 0) is 11.3 Å². The van der Waals surface area contributed by atoms with E-state index in [1.165, 1.54) is 13.3 Å². The van der Waals surface area contributed by atoms with Crippen molar-refractivity contribution in [2.24, 2.45) is 5.10 Å². The van der Waals surface area contributed by atoms with Crippen molar-refractivity contribution < 1.29 is 14.6 Å². The Hall–Kier alpha value is -2.83. The van der Waals surface area contributed by atoms with Crippen LogP contribution in [0.5, 0.6) is 11.5 Å². The number of carbonyl (C=O) groups excluding carboxylic acids is 1. The van der Waals surface area contributed by atoms with Crippen LogP contribution in [0.15, 0.2) is 29.4 Å². The molecule has 0 fully saturated rings. The van der Waals surface area contributed by atoms with E-state index in [4.69, 9.17) is 4.74 Å². The first-order chi connectivity index (χ1) is 10.5. The number of aryl methyl sites for hydroxylation is 2. The Kier molecular flexibility index (Phi) is 4.77. The predicted molar refractivity (Wildman–Crippen MR) is 82.1 cm³/mol. The first-order valence-corrected chi connectivity index (χ1v) is 6.70. The number of aromatic hydroxyl groups is 1. The summed E-state index contributed by atoms with van der Waals surface area (Å²) in [6, 6.07) is 6.91. The lowest BCUT2D eigenvalue weighted by molar-refractivity contribution is -0.121. The normalized spacial score (nSPS) is 10.9. The van der Waals surface area contributed by atoms with Gasteiger partial charge in [-0.3, -0.25) is 9.48 Å². The van der Waals surface area contributed by atoms with Crippen LogP contribution in [0.25, 0.3) is 0 Å². The van der Waals surface area contributed by atoms with E-state index >= 15 is 0 Å². The first kappa shape index (κ1) is 15.6. The Morgan fingerprint density at radius 2 is 2.27 bits per heavy atom. The minimum atomic E-state index is -0.301. The Morgan fingerprint density at radius 1 is 1.50 bits per heavy atom. The number of methoxy groups -OCH3 is 1. The summed E-state index contributed by atoms with van der Waals surface area (Å²) in [6.45, 7) is 3.83. The summed E-state index contributed by atoms with van der Waals surface area (Å²) < 4.78 is 6.60. The van der Waals surface area contributed by atoms with Gasteiger partial charge in [-0.1, -0.05) is 6.07 Å². The highest BCUT2D eigenvalue weighted by molar-refractivity contribution is 5.86. The highest BCUT2D eigenvalue weighted by Gasteiger charge is 2.07. The molecule has 0 aliphatic rings. The molecule has 0 saturated heterocycles. The number of ether oxygens (including phenoxy) is 1. The zero-order chi connectivity index (χ0) is 16.1. The molecule has 2 rings (SSSR count). The maximum atomic E-state index is 11.8. The monoisotopic (exact) mass is 302 g/mol. The van der Waals surface area contributed by atoms with Gasteiger partial charge in [0.25, 0.3) is 5.91 Å². The Bertz CT molecular complexity index is 707. The molecular weight excluding hydrogens is 284 g/mol. The zero-order valence-electron chi connectivity index (χ0n) is 12.7. The van der Waals surface area contributed by atoms with Gasteiger partial charge in [0, 0.05) is 11.3 Å². The quantitative estimate of drug-likeness (QED) is 0.645. The molecule has 0 radical (unpaired) electrons. The van der Waals surface area contributed by atoms with Crippen LogP contribution in [0.1, 0.15) is 17.0 Å². The van der Waals surface area contributed by atoms with Crippen molar-refractivity contribution in [2.75, 3.05) is 7.11 Å². The fourth-order valence-corrected chi connectivity index (χ4v) is 1.99. The van der Waals surface area contributed by atoms with Crippen LogP contribution in [0.2, 0.25) is 0 Å². The topological polar surface area (TPSA) is 88.7 Å². The maximum Gasteiger partial charge on any atom is 0.261 e. The number of para-hydroxylation sites is 1. The summed E-state index contributed by atoms with van der Waals surface area (Å²) in [5.41, 5.74) is 4.61. The average Bonchev–Trinajstić information content (AvgIpc) is 2.78. The molecule has 0 unspecified atom stereocenters. The van der Waals surface area contributed by atoms with Crippen LogP contribution in [0, 0.1) is 13.8 Å². The number of benzene rings is 1. The second-order valence-corrected chi connectivity index (χ2v) is 4.78. The van der Waals surface area contributed by atoms with Crippen LogP contribution in [0.3, 0.4) is 0 Å². The lowest BCUT2D eigenvalue weighted by Gasteiger charge is -2.05. The third kappa shape index (κ3) is 3.63. The SMILES string of the molecule is COc1cccc(/C=N\NC(=O)Cn2nc(C)cc2C)c1O. The summed E-state index contributed by atoms with van der Waals surface area (Å²) >= 11 is 0. The van der Waals surface area contributed by atoms with Crippen LogP contribution < -0.4 is 10.2 Å². The van der Waals surface area contributed by atoms with E-state index in [-0.39, 0.29) is 18.2 Å². The van der Waals surface area contributed by atoms with Crippen molar-refractivity contribution in [2.45, 2.75) is 20.4 Å². The molecule has 2 N–H and O–H groups in total. The van der Waals surface area contributed by atoms with E-state index in [2.05, 4.69) is 15.6 Å². The van der Waals surface area contributed by atoms with E-state index < -0.39 is 0 Å². The number of phenolic OH excluding ortho intramolecular Hbond substituents is 1. The summed E-state index contributed by atoms with van der Waals surface area (Å²) in [4.78, 5) is 11.8. The predicted octanol–water partition coefficient (Wildman–Crippen LogP) is 1.36. The van der Waals surface area contributed by atoms with Gasteiger partial charge in [-0.05, 0) is 32.0 Å². The van der Waals surface area contributed by atoms with Crippen LogP contribution in [0.4, 0.5) is 0 Å². The standard InChI is InChI=1S/C15H18N4O3/c1-10-7-11(2)19(18-10)9-14(20)17-16-8-12-5-4-6-13(22-3)15(12)21/h4-8,21H,9H2,1-3H3,(H,17,20)/b16-8-. The average molecular weight is 302 g/mol. The summed E-state index contributed by atoms with van der Waals surface area (Å²) in [5, 5.41) is 17.9. The van der Waals surface area contributed by atoms with E-state index in [9.17, 15) is 9.90 Å². The number of aromatic nitrogens is 2. The number of hydrogen-bond donors (Lipinski definition) is 2. The first-order valence-electron chi connectivity index (χ1n) is 6.70. The minimum absolute atomic E-state index is 0.0263. The van der Waals surface area contributed by atoms with Gasteiger partial charge < -0.3 is 9.84 Å². The second-order valence-electron chi connectivity index (χ2n) is 4.78. The van der Waals surface area contributed by atoms with Gasteiger partial charge in [0.05, 0.1) is 19.0 Å². The highest BCUT2D eigenvalue weighted by Crippen LogP contribution is 2.27. The van der Waals surface area contributed by atoms with Crippen molar-refractivity contribution in [1.82, 2.24) is 15.2 Å². The molecule has 0 saturated carbocycles. The molecule has 1 amide bonds. The summed E-state index contributed by atoms with van der Waals surface area (Å²) in [6.07, 6.45) is 1.36. The number of hydrogen-bond acceptors (Lipinski definition) is 5. The van der Waals surface area contributed by atoms with E-state index in [0.717, 1.165) is 11.4 Å². The molecule has 7 heteroatoms. The number of nitrogens with zero attached hydrogens (tertiary/aromatic N) is 3. The third-order valence-electron chi connectivity index (χ3n) is 3.04. The fourth-order valence-electron chi connectivity index (χ4n) is 1.99. The molecule has 1 aromatic carbocycles. The number of rotatable bonds is 5. The Labute approximate surface area is 128 Å². The van der Waals surface area contributed by atoms with E-state index in [0.29, 0.717) is 11.3 Å². The van der Waals surface area contributed by atoms with E-state index in [1.54, 1.807) is 22.9 Å². The Morgan fingerprint density at radius 3 is 2.91 bits per heavy atom. The minimum Gasteiger partial charge on any atom is -0.504 e. The van der Waals surface area contributed by atoms with Crippen molar-refractivity contribution >= 4 is 12.1 Å². The van der Waals surface area contributed by atoms with Crippen molar-refractivity contribution in [3.63, 3.8) is 0 Å². The van der Waals surface area contributed by atoms with Gasteiger partial charge in [-0.2, -0.15) is 10.2 Å². The number of hydrazone groups is 1. The molecule has 0 atom stereocenters. The lowest BCUT2D eigenvalue weighted by atomic mass is 10.2. The molecule has 2 aromatic rings. The molecule has 1 heterocycles. The van der Waals surface area contributed by atoms with Gasteiger partial charge in [0.1, 0.15) is 6.54 Å². The van der Waals surface area contributed by atoms with E-state index in [1.807, 2.05) is 19.9 Å². The zero-order valence-corrected chi connectivity index (χ0v) is 12.7. The fraction of sp³-hybridized carbons (Fsp3) is 0.267. The van der Waals surface area contributed by atoms with Gasteiger partial charge in [-0.15, -0.1) is 0 Å². The molecule has 116 valence electrons. The lowest BCUT2D eigenvalue weighted by Crippen LogP contribution is -2.24. The van der Waals surface area contributed by atoms with Gasteiger partial charge in [-0.25, -0.2) is 5.43 Å². The van der Waals surface area contributed by atoms with Crippen molar-refractivity contribution in [3.8, 4) is 11.5 Å². The molecular formula is C15H18N4O3. The van der Waals surface area contributed by atoms with Gasteiger partial charge in [0.2, 0.25) is 0 Å². The van der Waals surface area contributed by atoms with Crippen molar-refractivity contribution in [1.29, 1.82) is 0 Å². The maximum absolute atomic E-state index is 11.8. The molecule has 7 nitrogen and oxygen atoms in total. The van der Waals surface area contributed by atoms with Crippen LogP contribution >= 0.6 is 0 Å². The molecule has 0 bridgehead atoms. The van der Waals surface area contributed by atoms with Crippen molar-refractivity contribution in [3.05, 3.63) is 41.2 Å². The summed E-state index contributed by atoms with van der Waals surface area (Å²) in [7, 11) is 1.46. The smallest absolute Gasteiger partial charge is 0.261 e. The number of amides is 1. The number of phenols is 1. The Balaban J connectivity index is 1.98. The molecule has 0 aliphatic carbocycles. The molecule has 1 aromatic heterocycles.